The van der Waals surface area contributed by atoms with Crippen LogP contribution in [0.1, 0.15) is 5.69 Å². The van der Waals surface area contributed by atoms with Crippen molar-refractivity contribution < 1.29 is 13.2 Å². The molecule has 0 N–H and O–H groups in total. The van der Waals surface area contributed by atoms with E-state index in [9.17, 15) is 13.2 Å². The second kappa shape index (κ2) is 2.24. The van der Waals surface area contributed by atoms with E-state index in [4.69, 9.17) is 0 Å². The van der Waals surface area contributed by atoms with E-state index >= 15 is 0 Å². The van der Waals surface area contributed by atoms with Crippen LogP contribution < -0.4 is 0 Å². The summed E-state index contributed by atoms with van der Waals surface area (Å²) in [5.74, 6) is 0. The first-order valence-corrected chi connectivity index (χ1v) is 2.37. The average Bonchev–Trinajstić information content (AvgIpc) is 1.88. The molecule has 10 heavy (non-hydrogen) atoms. The zero-order valence-corrected chi connectivity index (χ0v) is 4.68. The molecule has 0 unspecified atom stereocenters. The van der Waals surface area contributed by atoms with Crippen LogP contribution in [0, 0.1) is 6.33 Å². The second-order valence-corrected chi connectivity index (χ2v) is 1.54. The summed E-state index contributed by atoms with van der Waals surface area (Å²) < 4.78 is 35.0. The first kappa shape index (κ1) is 6.98. The monoisotopic (exact) mass is 147 g/mol. The van der Waals surface area contributed by atoms with Crippen molar-refractivity contribution in [1.29, 1.82) is 0 Å². The van der Waals surface area contributed by atoms with E-state index in [-0.39, 0.29) is 0 Å². The van der Waals surface area contributed by atoms with Gasteiger partial charge in [-0.25, -0.2) is 9.97 Å². The normalized spacial score (nSPS) is 11.5. The van der Waals surface area contributed by atoms with Gasteiger partial charge in [0.05, 0.1) is 0 Å². The van der Waals surface area contributed by atoms with Crippen molar-refractivity contribution >= 4 is 0 Å². The average molecular weight is 147 g/mol. The maximum Gasteiger partial charge on any atom is 0.433 e. The van der Waals surface area contributed by atoms with Gasteiger partial charge in [0.1, 0.15) is 5.69 Å². The second-order valence-electron chi connectivity index (χ2n) is 1.54. The zero-order chi connectivity index (χ0) is 7.61. The molecule has 1 aromatic rings. The van der Waals surface area contributed by atoms with Crippen LogP contribution >= 0.6 is 0 Å². The van der Waals surface area contributed by atoms with Crippen molar-refractivity contribution in [3.8, 4) is 0 Å². The van der Waals surface area contributed by atoms with Crippen LogP contribution in [-0.2, 0) is 6.18 Å². The molecule has 1 radical (unpaired) electrons. The first-order valence-electron chi connectivity index (χ1n) is 2.37. The number of halogens is 3. The van der Waals surface area contributed by atoms with Crippen LogP contribution in [0.25, 0.3) is 0 Å². The van der Waals surface area contributed by atoms with E-state index < -0.39 is 11.9 Å². The fourth-order valence-corrected chi connectivity index (χ4v) is 0.419. The van der Waals surface area contributed by atoms with Gasteiger partial charge in [0.15, 0.2) is 6.33 Å². The smallest absolute Gasteiger partial charge is 0.234 e. The van der Waals surface area contributed by atoms with Crippen LogP contribution in [0.4, 0.5) is 13.2 Å². The minimum absolute atomic E-state index is 0.788. The molecule has 0 aromatic carbocycles. The molecule has 0 amide bonds. The Hall–Kier alpha value is -1.13. The van der Waals surface area contributed by atoms with Gasteiger partial charge in [0.25, 0.3) is 0 Å². The third kappa shape index (κ3) is 1.43. The Kier molecular flexibility index (Phi) is 1.57. The standard InChI is InChI=1S/C5H2F3N2/c6-5(7,8)4-1-2-9-3-10-4/h1-2H. The van der Waals surface area contributed by atoms with Crippen molar-refractivity contribution in [1.82, 2.24) is 9.97 Å². The molecular weight excluding hydrogens is 145 g/mol. The molecule has 0 aliphatic rings. The van der Waals surface area contributed by atoms with Gasteiger partial charge in [-0.3, -0.25) is 0 Å². The molecule has 1 heterocycles. The van der Waals surface area contributed by atoms with E-state index in [1.54, 1.807) is 0 Å². The summed E-state index contributed by atoms with van der Waals surface area (Å²) in [6.07, 6.45) is -1.55. The molecule has 0 bridgehead atoms. The maximum absolute atomic E-state index is 11.7. The molecule has 0 saturated carbocycles. The number of alkyl halides is 3. The third-order valence-electron chi connectivity index (χ3n) is 0.826. The van der Waals surface area contributed by atoms with Crippen molar-refractivity contribution in [2.45, 2.75) is 6.18 Å². The van der Waals surface area contributed by atoms with Crippen LogP contribution in [0.3, 0.4) is 0 Å². The number of hydrogen-bond donors (Lipinski definition) is 0. The van der Waals surface area contributed by atoms with E-state index in [1.165, 1.54) is 0 Å². The summed E-state index contributed by atoms with van der Waals surface area (Å²) in [5, 5.41) is 0. The van der Waals surface area contributed by atoms with E-state index in [0.29, 0.717) is 0 Å². The lowest BCUT2D eigenvalue weighted by Crippen LogP contribution is -2.07. The molecule has 53 valence electrons. The highest BCUT2D eigenvalue weighted by atomic mass is 19.4. The molecule has 0 spiro atoms. The molecule has 0 fully saturated rings. The van der Waals surface area contributed by atoms with E-state index in [0.717, 1.165) is 12.3 Å². The van der Waals surface area contributed by atoms with Crippen LogP contribution in [0.15, 0.2) is 12.3 Å². The van der Waals surface area contributed by atoms with Gasteiger partial charge in [-0.2, -0.15) is 13.2 Å². The minimum atomic E-state index is -4.39. The minimum Gasteiger partial charge on any atom is -0.234 e. The molecule has 0 saturated heterocycles. The zero-order valence-electron chi connectivity index (χ0n) is 4.68. The van der Waals surface area contributed by atoms with Crippen LogP contribution in [0.5, 0.6) is 0 Å². The Balaban J connectivity index is 2.97. The fourth-order valence-electron chi connectivity index (χ4n) is 0.419. The molecule has 0 aliphatic carbocycles. The lowest BCUT2D eigenvalue weighted by molar-refractivity contribution is -0.141. The molecular formula is C5H2F3N2. The van der Waals surface area contributed by atoms with E-state index in [1.807, 2.05) is 6.33 Å². The molecule has 0 atom stereocenters. The number of rotatable bonds is 0. The summed E-state index contributed by atoms with van der Waals surface area (Å²) >= 11 is 0. The number of aromatic nitrogens is 2. The van der Waals surface area contributed by atoms with Crippen molar-refractivity contribution in [3.63, 3.8) is 0 Å². The molecule has 0 aliphatic heterocycles. The number of nitrogens with zero attached hydrogens (tertiary/aromatic N) is 2. The lowest BCUT2D eigenvalue weighted by Gasteiger charge is -2.01. The van der Waals surface area contributed by atoms with Gasteiger partial charge in [0.2, 0.25) is 0 Å². The number of hydrogen-bond acceptors (Lipinski definition) is 2. The highest BCUT2D eigenvalue weighted by Gasteiger charge is 2.31. The molecule has 1 rings (SSSR count). The van der Waals surface area contributed by atoms with Gasteiger partial charge < -0.3 is 0 Å². The van der Waals surface area contributed by atoms with Crippen molar-refractivity contribution in [2.75, 3.05) is 0 Å². The van der Waals surface area contributed by atoms with Crippen LogP contribution in [0.2, 0.25) is 0 Å². The fraction of sp³-hybridized carbons (Fsp3) is 0.200. The highest BCUT2D eigenvalue weighted by molar-refractivity contribution is 5.01. The van der Waals surface area contributed by atoms with Crippen molar-refractivity contribution in [2.24, 2.45) is 0 Å². The maximum atomic E-state index is 11.7. The van der Waals surface area contributed by atoms with Gasteiger partial charge in [0, 0.05) is 6.20 Å². The topological polar surface area (TPSA) is 25.8 Å². The Morgan fingerprint density at radius 2 is 2.10 bits per heavy atom. The Morgan fingerprint density at radius 3 is 2.40 bits per heavy atom. The SMILES string of the molecule is FC(F)(F)c1ccn[c]n1. The van der Waals surface area contributed by atoms with Crippen LogP contribution in [-0.4, -0.2) is 9.97 Å². The van der Waals surface area contributed by atoms with Crippen molar-refractivity contribution in [3.05, 3.63) is 24.3 Å². The summed E-state index contributed by atoms with van der Waals surface area (Å²) in [6.45, 7) is 0. The third-order valence-corrected chi connectivity index (χ3v) is 0.826. The quantitative estimate of drug-likeness (QED) is 0.552. The van der Waals surface area contributed by atoms with Gasteiger partial charge >= 0.3 is 6.18 Å². The molecule has 2 nitrogen and oxygen atoms in total. The predicted molar refractivity (Wildman–Crippen MR) is 25.9 cm³/mol. The van der Waals surface area contributed by atoms with E-state index in [2.05, 4.69) is 9.97 Å². The van der Waals surface area contributed by atoms with Gasteiger partial charge in [-0.15, -0.1) is 0 Å². The van der Waals surface area contributed by atoms with Gasteiger partial charge in [-0.1, -0.05) is 0 Å². The predicted octanol–water partition coefficient (Wildman–Crippen LogP) is 1.30. The Labute approximate surface area is 54.7 Å². The highest BCUT2D eigenvalue weighted by Crippen LogP contribution is 2.26. The summed E-state index contributed by atoms with van der Waals surface area (Å²) in [6, 6.07) is 0.788. The summed E-state index contributed by atoms with van der Waals surface area (Å²) in [7, 11) is 0. The summed E-state index contributed by atoms with van der Waals surface area (Å²) in [4.78, 5) is 6.11. The Bertz CT molecular complexity index is 206. The Morgan fingerprint density at radius 1 is 1.40 bits per heavy atom. The first-order chi connectivity index (χ1) is 4.61. The van der Waals surface area contributed by atoms with Gasteiger partial charge in [-0.05, 0) is 6.07 Å². The largest absolute Gasteiger partial charge is 0.433 e. The summed E-state index contributed by atoms with van der Waals surface area (Å²) in [5.41, 5.74) is -0.970. The molecule has 5 heteroatoms. The molecule has 1 aromatic heterocycles. The lowest BCUT2D eigenvalue weighted by atomic mass is 10.4.